The lowest BCUT2D eigenvalue weighted by Crippen LogP contribution is -2.39. The first kappa shape index (κ1) is 12.2. The molecule has 2 aliphatic heterocycles. The van der Waals surface area contributed by atoms with Crippen LogP contribution in [0.1, 0.15) is 26.2 Å². The molecule has 2 fully saturated rings. The highest BCUT2D eigenvalue weighted by Crippen LogP contribution is 2.38. The largest absolute Gasteiger partial charge is 0.481 e. The number of thioether (sulfide) groups is 1. The number of carboxylic acids is 1. The summed E-state index contributed by atoms with van der Waals surface area (Å²) in [5.74, 6) is 1.27. The Hall–Kier alpha value is -0.260. The molecule has 2 rings (SSSR count). The van der Waals surface area contributed by atoms with Crippen LogP contribution in [0.2, 0.25) is 0 Å². The lowest BCUT2D eigenvalue weighted by Gasteiger charge is -2.34. The number of rotatable bonds is 3. The van der Waals surface area contributed by atoms with E-state index in [9.17, 15) is 4.79 Å². The monoisotopic (exact) mass is 246 g/mol. The average Bonchev–Trinajstić information content (AvgIpc) is 2.62. The van der Waals surface area contributed by atoms with Crippen LogP contribution in [0.4, 0.5) is 0 Å². The summed E-state index contributed by atoms with van der Waals surface area (Å²) in [5.41, 5.74) is 0. The summed E-state index contributed by atoms with van der Waals surface area (Å²) in [5, 5.41) is 8.71. The normalized spacial score (nSPS) is 39.8. The first-order valence-corrected chi connectivity index (χ1v) is 6.87. The summed E-state index contributed by atoms with van der Waals surface area (Å²) in [6.45, 7) is 2.36. The fourth-order valence-electron chi connectivity index (χ4n) is 2.32. The van der Waals surface area contributed by atoms with E-state index in [1.54, 1.807) is 0 Å². The van der Waals surface area contributed by atoms with Gasteiger partial charge in [-0.15, -0.1) is 0 Å². The smallest absolute Gasteiger partial charge is 0.306 e. The Morgan fingerprint density at radius 2 is 2.44 bits per heavy atom. The van der Waals surface area contributed by atoms with Crippen LogP contribution in [0.5, 0.6) is 0 Å². The van der Waals surface area contributed by atoms with Crippen molar-refractivity contribution in [3.63, 3.8) is 0 Å². The van der Waals surface area contributed by atoms with Crippen molar-refractivity contribution in [2.24, 2.45) is 5.92 Å². The van der Waals surface area contributed by atoms with Gasteiger partial charge in [0.05, 0.1) is 19.1 Å². The predicted molar refractivity (Wildman–Crippen MR) is 61.5 cm³/mol. The fraction of sp³-hybridized carbons (Fsp3) is 0.909. The second-order valence-electron chi connectivity index (χ2n) is 4.58. The molecule has 5 heteroatoms. The van der Waals surface area contributed by atoms with Gasteiger partial charge in [0.1, 0.15) is 0 Å². The molecule has 3 atom stereocenters. The van der Waals surface area contributed by atoms with E-state index >= 15 is 0 Å². The van der Waals surface area contributed by atoms with Gasteiger partial charge >= 0.3 is 5.97 Å². The molecule has 0 aromatic rings. The van der Waals surface area contributed by atoms with Gasteiger partial charge in [-0.25, -0.2) is 0 Å². The number of carbonyl (C=O) groups is 1. The second-order valence-corrected chi connectivity index (χ2v) is 5.73. The van der Waals surface area contributed by atoms with E-state index in [0.29, 0.717) is 12.5 Å². The lowest BCUT2D eigenvalue weighted by molar-refractivity contribution is -0.189. The lowest BCUT2D eigenvalue weighted by atomic mass is 9.96. The molecular formula is C11H18O4S. The Morgan fingerprint density at radius 1 is 1.62 bits per heavy atom. The third kappa shape index (κ3) is 2.70. The minimum Gasteiger partial charge on any atom is -0.481 e. The van der Waals surface area contributed by atoms with Crippen molar-refractivity contribution in [1.82, 2.24) is 0 Å². The SMILES string of the molecule is CC1(C2CCCSC2)OCC(CC(=O)O)O1. The van der Waals surface area contributed by atoms with E-state index in [2.05, 4.69) is 0 Å². The predicted octanol–water partition coefficient (Wildman–Crippen LogP) is 1.74. The van der Waals surface area contributed by atoms with Crippen molar-refractivity contribution in [1.29, 1.82) is 0 Å². The van der Waals surface area contributed by atoms with Gasteiger partial charge < -0.3 is 14.6 Å². The van der Waals surface area contributed by atoms with Crippen LogP contribution in [0.25, 0.3) is 0 Å². The van der Waals surface area contributed by atoms with E-state index in [0.717, 1.165) is 12.2 Å². The molecule has 0 spiro atoms. The standard InChI is InChI=1S/C11H18O4S/c1-11(8-3-2-4-16-7-8)14-6-9(15-11)5-10(12)13/h8-9H,2-7H2,1H3,(H,12,13). The third-order valence-corrected chi connectivity index (χ3v) is 4.48. The van der Waals surface area contributed by atoms with Crippen LogP contribution >= 0.6 is 11.8 Å². The van der Waals surface area contributed by atoms with Crippen LogP contribution in [-0.4, -0.2) is 41.1 Å². The molecule has 0 saturated carbocycles. The molecule has 0 amide bonds. The molecule has 16 heavy (non-hydrogen) atoms. The van der Waals surface area contributed by atoms with Gasteiger partial charge in [0.15, 0.2) is 5.79 Å². The number of ether oxygens (including phenoxy) is 2. The van der Waals surface area contributed by atoms with E-state index in [4.69, 9.17) is 14.6 Å². The van der Waals surface area contributed by atoms with Crippen molar-refractivity contribution in [2.45, 2.75) is 38.1 Å². The number of aliphatic carboxylic acids is 1. The van der Waals surface area contributed by atoms with Crippen molar-refractivity contribution < 1.29 is 19.4 Å². The molecule has 0 radical (unpaired) electrons. The van der Waals surface area contributed by atoms with Gasteiger partial charge in [0.2, 0.25) is 0 Å². The zero-order valence-corrected chi connectivity index (χ0v) is 10.3. The molecular weight excluding hydrogens is 228 g/mol. The van der Waals surface area contributed by atoms with Gasteiger partial charge in [0, 0.05) is 11.7 Å². The maximum Gasteiger partial charge on any atom is 0.306 e. The highest BCUT2D eigenvalue weighted by Gasteiger charge is 2.44. The average molecular weight is 246 g/mol. The van der Waals surface area contributed by atoms with Crippen molar-refractivity contribution in [3.8, 4) is 0 Å². The zero-order valence-electron chi connectivity index (χ0n) is 9.48. The Balaban J connectivity index is 1.91. The van der Waals surface area contributed by atoms with Gasteiger partial charge in [-0.2, -0.15) is 11.8 Å². The summed E-state index contributed by atoms with van der Waals surface area (Å²) >= 11 is 1.93. The molecule has 0 bridgehead atoms. The Labute approximate surface area is 99.7 Å². The molecule has 2 saturated heterocycles. The summed E-state index contributed by atoms with van der Waals surface area (Å²) in [7, 11) is 0. The maximum atomic E-state index is 10.6. The van der Waals surface area contributed by atoms with Crippen LogP contribution in [-0.2, 0) is 14.3 Å². The van der Waals surface area contributed by atoms with E-state index < -0.39 is 11.8 Å². The minimum absolute atomic E-state index is 0.0372. The molecule has 3 unspecified atom stereocenters. The summed E-state index contributed by atoms with van der Waals surface area (Å²) < 4.78 is 11.5. The molecule has 1 N–H and O–H groups in total. The number of carboxylic acid groups (broad SMARTS) is 1. The second kappa shape index (κ2) is 4.94. The van der Waals surface area contributed by atoms with Crippen LogP contribution in [0, 0.1) is 5.92 Å². The van der Waals surface area contributed by atoms with Gasteiger partial charge in [-0.1, -0.05) is 0 Å². The molecule has 92 valence electrons. The van der Waals surface area contributed by atoms with Crippen LogP contribution in [0.3, 0.4) is 0 Å². The van der Waals surface area contributed by atoms with Crippen molar-refractivity contribution in [2.75, 3.05) is 18.1 Å². The molecule has 0 aromatic heterocycles. The van der Waals surface area contributed by atoms with Gasteiger partial charge in [0.25, 0.3) is 0 Å². The molecule has 0 aliphatic carbocycles. The Kier molecular flexibility index (Phi) is 3.77. The third-order valence-electron chi connectivity index (χ3n) is 3.26. The zero-order chi connectivity index (χ0) is 11.6. The highest BCUT2D eigenvalue weighted by atomic mass is 32.2. The Morgan fingerprint density at radius 3 is 3.06 bits per heavy atom. The van der Waals surface area contributed by atoms with E-state index in [1.807, 2.05) is 18.7 Å². The molecule has 2 heterocycles. The Bertz CT molecular complexity index is 265. The first-order chi connectivity index (χ1) is 7.60. The summed E-state index contributed by atoms with van der Waals surface area (Å²) in [4.78, 5) is 10.6. The topological polar surface area (TPSA) is 55.8 Å². The number of hydrogen-bond donors (Lipinski definition) is 1. The molecule has 4 nitrogen and oxygen atoms in total. The molecule has 2 aliphatic rings. The van der Waals surface area contributed by atoms with Crippen molar-refractivity contribution in [3.05, 3.63) is 0 Å². The first-order valence-electron chi connectivity index (χ1n) is 5.71. The van der Waals surface area contributed by atoms with Crippen LogP contribution < -0.4 is 0 Å². The number of hydrogen-bond acceptors (Lipinski definition) is 4. The molecule has 0 aromatic carbocycles. The summed E-state index contributed by atoms with van der Waals surface area (Å²) in [6.07, 6.45) is 2.06. The maximum absolute atomic E-state index is 10.6. The van der Waals surface area contributed by atoms with Gasteiger partial charge in [-0.3, -0.25) is 4.79 Å². The highest BCUT2D eigenvalue weighted by molar-refractivity contribution is 7.99. The van der Waals surface area contributed by atoms with Crippen molar-refractivity contribution >= 4 is 17.7 Å². The van der Waals surface area contributed by atoms with E-state index in [1.165, 1.54) is 12.2 Å². The van der Waals surface area contributed by atoms with Crippen LogP contribution in [0.15, 0.2) is 0 Å². The minimum atomic E-state index is -0.823. The fourth-order valence-corrected chi connectivity index (χ4v) is 3.61. The summed E-state index contributed by atoms with van der Waals surface area (Å²) in [6, 6.07) is 0. The van der Waals surface area contributed by atoms with E-state index in [-0.39, 0.29) is 12.5 Å². The van der Waals surface area contributed by atoms with Gasteiger partial charge in [-0.05, 0) is 25.5 Å². The quantitative estimate of drug-likeness (QED) is 0.822.